The van der Waals surface area contributed by atoms with Gasteiger partial charge >= 0.3 is 0 Å². The number of fused-ring (bicyclic) bond motifs is 1. The van der Waals surface area contributed by atoms with Gasteiger partial charge in [0.2, 0.25) is 0 Å². The molecular formula is C17H20N2O2. The largest absolute Gasteiger partial charge is 0.467 e. The van der Waals surface area contributed by atoms with Gasteiger partial charge in [-0.05, 0) is 31.2 Å². The van der Waals surface area contributed by atoms with E-state index in [4.69, 9.17) is 15.2 Å². The Morgan fingerprint density at radius 2 is 2.00 bits per heavy atom. The highest BCUT2D eigenvalue weighted by atomic mass is 16.7. The van der Waals surface area contributed by atoms with Gasteiger partial charge in [0.1, 0.15) is 5.75 Å². The first-order chi connectivity index (χ1) is 10.3. The summed E-state index contributed by atoms with van der Waals surface area (Å²) in [6.07, 6.45) is 0. The van der Waals surface area contributed by atoms with E-state index in [-0.39, 0.29) is 0 Å². The van der Waals surface area contributed by atoms with E-state index in [1.165, 1.54) is 5.69 Å². The van der Waals surface area contributed by atoms with Crippen molar-refractivity contribution in [1.82, 2.24) is 0 Å². The first-order valence-electron chi connectivity index (χ1n) is 7.19. The Morgan fingerprint density at radius 1 is 1.19 bits per heavy atom. The van der Waals surface area contributed by atoms with Crippen LogP contribution < -0.4 is 15.4 Å². The summed E-state index contributed by atoms with van der Waals surface area (Å²) in [7, 11) is 0. The first kappa shape index (κ1) is 13.8. The summed E-state index contributed by atoms with van der Waals surface area (Å²) in [5.74, 6) is 0.921. The molecule has 21 heavy (non-hydrogen) atoms. The highest BCUT2D eigenvalue weighted by Gasteiger charge is 2.18. The summed E-state index contributed by atoms with van der Waals surface area (Å²) >= 11 is 0. The normalized spacial score (nSPS) is 13.4. The first-order valence-corrected chi connectivity index (χ1v) is 7.19. The van der Waals surface area contributed by atoms with Crippen LogP contribution in [-0.4, -0.2) is 13.3 Å². The van der Waals surface area contributed by atoms with Crippen LogP contribution in [0.4, 0.5) is 11.4 Å². The highest BCUT2D eigenvalue weighted by Crippen LogP contribution is 2.32. The second kappa shape index (κ2) is 6.06. The fraction of sp³-hybridized carbons (Fsp3) is 0.294. The van der Waals surface area contributed by atoms with Gasteiger partial charge in [0.25, 0.3) is 0 Å². The third-order valence-corrected chi connectivity index (χ3v) is 3.67. The van der Waals surface area contributed by atoms with Crippen LogP contribution in [0, 0.1) is 0 Å². The van der Waals surface area contributed by atoms with Crippen molar-refractivity contribution in [2.24, 2.45) is 0 Å². The summed E-state index contributed by atoms with van der Waals surface area (Å²) in [5, 5.41) is 0. The van der Waals surface area contributed by atoms with Crippen molar-refractivity contribution in [1.29, 1.82) is 0 Å². The van der Waals surface area contributed by atoms with Gasteiger partial charge in [-0.3, -0.25) is 0 Å². The summed E-state index contributed by atoms with van der Waals surface area (Å²) in [6, 6.07) is 14.3. The van der Waals surface area contributed by atoms with Crippen molar-refractivity contribution >= 4 is 11.4 Å². The molecule has 0 unspecified atom stereocenters. The van der Waals surface area contributed by atoms with Gasteiger partial charge in [-0.2, -0.15) is 0 Å². The molecule has 0 amide bonds. The van der Waals surface area contributed by atoms with E-state index in [1.54, 1.807) is 0 Å². The van der Waals surface area contributed by atoms with Gasteiger partial charge in [-0.1, -0.05) is 18.2 Å². The summed E-state index contributed by atoms with van der Waals surface area (Å²) in [6.45, 7) is 4.71. The van der Waals surface area contributed by atoms with Crippen molar-refractivity contribution in [2.45, 2.75) is 20.1 Å². The quantitative estimate of drug-likeness (QED) is 0.876. The van der Waals surface area contributed by atoms with Crippen LogP contribution in [0.25, 0.3) is 0 Å². The van der Waals surface area contributed by atoms with E-state index in [0.29, 0.717) is 13.4 Å². The predicted octanol–water partition coefficient (Wildman–Crippen LogP) is 3.16. The van der Waals surface area contributed by atoms with Gasteiger partial charge in [0.15, 0.2) is 6.79 Å². The topological polar surface area (TPSA) is 47.7 Å². The molecule has 110 valence electrons. The average Bonchev–Trinajstić information content (AvgIpc) is 2.53. The molecule has 0 saturated heterocycles. The number of hydrogen-bond donors (Lipinski definition) is 1. The molecule has 1 aliphatic rings. The lowest BCUT2D eigenvalue weighted by molar-refractivity contribution is -0.0169. The lowest BCUT2D eigenvalue weighted by Crippen LogP contribution is -2.23. The molecule has 0 bridgehead atoms. The molecule has 2 N–H and O–H groups in total. The zero-order valence-corrected chi connectivity index (χ0v) is 12.2. The van der Waals surface area contributed by atoms with E-state index in [0.717, 1.165) is 35.7 Å². The Labute approximate surface area is 125 Å². The minimum absolute atomic E-state index is 0.307. The van der Waals surface area contributed by atoms with E-state index in [1.807, 2.05) is 18.2 Å². The fourth-order valence-corrected chi connectivity index (χ4v) is 2.67. The molecule has 0 aromatic heterocycles. The average molecular weight is 284 g/mol. The van der Waals surface area contributed by atoms with E-state index >= 15 is 0 Å². The zero-order chi connectivity index (χ0) is 14.7. The molecule has 0 radical (unpaired) electrons. The molecule has 2 aromatic carbocycles. The standard InChI is InChI=1S/C17H20N2O2/c1-2-19(16-6-4-3-5-7-16)10-13-8-15(18)9-14-11-20-12-21-17(13)14/h3-9H,2,10-12,18H2,1H3. The van der Waals surface area contributed by atoms with Crippen LogP contribution in [0.15, 0.2) is 42.5 Å². The van der Waals surface area contributed by atoms with Gasteiger partial charge in [0.05, 0.1) is 6.61 Å². The van der Waals surface area contributed by atoms with Crippen LogP contribution in [0.3, 0.4) is 0 Å². The molecule has 2 aromatic rings. The Hall–Kier alpha value is -2.20. The smallest absolute Gasteiger partial charge is 0.189 e. The third-order valence-electron chi connectivity index (χ3n) is 3.67. The van der Waals surface area contributed by atoms with E-state index in [9.17, 15) is 0 Å². The molecule has 0 fully saturated rings. The third kappa shape index (κ3) is 2.95. The molecule has 1 aliphatic heterocycles. The van der Waals surface area contributed by atoms with Gasteiger partial charge in [0, 0.05) is 35.6 Å². The minimum Gasteiger partial charge on any atom is -0.467 e. The Kier molecular flexibility index (Phi) is 3.97. The number of benzene rings is 2. The van der Waals surface area contributed by atoms with Gasteiger partial charge in [-0.25, -0.2) is 0 Å². The van der Waals surface area contributed by atoms with Crippen molar-refractivity contribution in [3.63, 3.8) is 0 Å². The maximum absolute atomic E-state index is 6.01. The Morgan fingerprint density at radius 3 is 2.76 bits per heavy atom. The molecule has 0 spiro atoms. The van der Waals surface area contributed by atoms with Gasteiger partial charge in [-0.15, -0.1) is 0 Å². The Bertz CT molecular complexity index is 614. The number of anilines is 2. The van der Waals surface area contributed by atoms with Crippen LogP contribution in [-0.2, 0) is 17.9 Å². The van der Waals surface area contributed by atoms with Crippen LogP contribution in [0.5, 0.6) is 5.75 Å². The maximum atomic E-state index is 6.01. The van der Waals surface area contributed by atoms with Crippen molar-refractivity contribution < 1.29 is 9.47 Å². The van der Waals surface area contributed by atoms with Crippen molar-refractivity contribution in [3.05, 3.63) is 53.6 Å². The SMILES string of the molecule is CCN(Cc1cc(N)cc2c1OCOC2)c1ccccc1. The van der Waals surface area contributed by atoms with E-state index in [2.05, 4.69) is 36.1 Å². The van der Waals surface area contributed by atoms with Crippen LogP contribution in [0.1, 0.15) is 18.1 Å². The number of nitrogens with two attached hydrogens (primary N) is 1. The second-order valence-corrected chi connectivity index (χ2v) is 5.13. The summed E-state index contributed by atoms with van der Waals surface area (Å²) in [4.78, 5) is 2.30. The van der Waals surface area contributed by atoms with Crippen molar-refractivity contribution in [2.75, 3.05) is 24.0 Å². The molecular weight excluding hydrogens is 264 g/mol. The number of ether oxygens (including phenoxy) is 2. The number of nitrogens with zero attached hydrogens (tertiary/aromatic N) is 1. The summed E-state index contributed by atoms with van der Waals surface area (Å²) in [5.41, 5.74) is 10.1. The maximum Gasteiger partial charge on any atom is 0.189 e. The highest BCUT2D eigenvalue weighted by molar-refractivity contribution is 5.56. The lowest BCUT2D eigenvalue weighted by Gasteiger charge is -2.27. The molecule has 1 heterocycles. The monoisotopic (exact) mass is 284 g/mol. The van der Waals surface area contributed by atoms with Gasteiger partial charge < -0.3 is 20.1 Å². The number of para-hydroxylation sites is 1. The van der Waals surface area contributed by atoms with Crippen LogP contribution >= 0.6 is 0 Å². The molecule has 3 rings (SSSR count). The Balaban J connectivity index is 1.91. The minimum atomic E-state index is 0.307. The second-order valence-electron chi connectivity index (χ2n) is 5.13. The predicted molar refractivity (Wildman–Crippen MR) is 84.3 cm³/mol. The molecule has 0 atom stereocenters. The molecule has 0 aliphatic carbocycles. The van der Waals surface area contributed by atoms with Crippen molar-refractivity contribution in [3.8, 4) is 5.75 Å². The molecule has 4 heteroatoms. The number of hydrogen-bond acceptors (Lipinski definition) is 4. The van der Waals surface area contributed by atoms with Crippen LogP contribution in [0.2, 0.25) is 0 Å². The number of nitrogen functional groups attached to an aromatic ring is 1. The lowest BCUT2D eigenvalue weighted by atomic mass is 10.1. The molecule has 4 nitrogen and oxygen atoms in total. The summed E-state index contributed by atoms with van der Waals surface area (Å²) < 4.78 is 11.0. The molecule has 0 saturated carbocycles. The fourth-order valence-electron chi connectivity index (χ4n) is 2.67. The number of rotatable bonds is 4. The zero-order valence-electron chi connectivity index (χ0n) is 12.2. The van der Waals surface area contributed by atoms with E-state index < -0.39 is 0 Å².